The minimum Gasteiger partial charge on any atom is -0.485 e. The first-order valence-electron chi connectivity index (χ1n) is 9.35. The molecule has 3 aliphatic rings. The van der Waals surface area contributed by atoms with Gasteiger partial charge in [-0.05, 0) is 31.1 Å². The number of fused-ring (bicyclic) bond motifs is 2. The second-order valence-corrected chi connectivity index (χ2v) is 7.61. The highest BCUT2D eigenvalue weighted by molar-refractivity contribution is 5.83. The summed E-state index contributed by atoms with van der Waals surface area (Å²) in [6.45, 7) is 4.60. The average Bonchev–Trinajstić information content (AvgIpc) is 2.64. The van der Waals surface area contributed by atoms with Gasteiger partial charge in [-0.2, -0.15) is 0 Å². The zero-order valence-electron chi connectivity index (χ0n) is 15.6. The zero-order chi connectivity index (χ0) is 18.9. The summed E-state index contributed by atoms with van der Waals surface area (Å²) in [7, 11) is 0. The van der Waals surface area contributed by atoms with E-state index in [0.717, 1.165) is 23.3 Å². The van der Waals surface area contributed by atoms with Gasteiger partial charge in [0.05, 0.1) is 6.61 Å². The Labute approximate surface area is 159 Å². The number of carbonyl (C=O) groups excluding carboxylic acids is 1. The van der Waals surface area contributed by atoms with E-state index in [9.17, 15) is 4.79 Å². The maximum Gasteiger partial charge on any atom is 0.331 e. The van der Waals surface area contributed by atoms with Gasteiger partial charge in [-0.3, -0.25) is 0 Å². The van der Waals surface area contributed by atoms with E-state index in [-0.39, 0.29) is 24.1 Å². The summed E-state index contributed by atoms with van der Waals surface area (Å²) in [4.78, 5) is 11.5. The highest BCUT2D eigenvalue weighted by Gasteiger charge is 2.42. The molecule has 0 bridgehead atoms. The topological polar surface area (TPSA) is 44.8 Å². The SMILES string of the molecule is CC1(C)OC2=CC3OC(=O)C=CC3C=C2C[C@@H]1OC/C=C/c1ccccc1. The monoisotopic (exact) mass is 364 g/mol. The van der Waals surface area contributed by atoms with Crippen LogP contribution in [0.5, 0.6) is 0 Å². The van der Waals surface area contributed by atoms with Crippen molar-refractivity contribution >= 4 is 12.0 Å². The van der Waals surface area contributed by atoms with Gasteiger partial charge < -0.3 is 14.2 Å². The maximum atomic E-state index is 11.5. The smallest absolute Gasteiger partial charge is 0.331 e. The molecule has 1 fully saturated rings. The number of hydrogen-bond acceptors (Lipinski definition) is 4. The van der Waals surface area contributed by atoms with Crippen molar-refractivity contribution in [2.24, 2.45) is 5.92 Å². The summed E-state index contributed by atoms with van der Waals surface area (Å²) in [5.74, 6) is 0.584. The van der Waals surface area contributed by atoms with Crippen molar-refractivity contribution in [3.63, 3.8) is 0 Å². The second-order valence-electron chi connectivity index (χ2n) is 7.61. The van der Waals surface area contributed by atoms with Gasteiger partial charge in [0.15, 0.2) is 0 Å². The van der Waals surface area contributed by atoms with E-state index < -0.39 is 5.60 Å². The standard InChI is InChI=1S/C23H24O4/c1-23(2)21(25-12-6-9-16-7-4-3-5-8-16)14-18-13-17-10-11-22(24)26-19(17)15-20(18)27-23/h3-11,13,15,17,19,21H,12,14H2,1-2H3/b9-6+/t17?,19?,21-/m0/s1. The van der Waals surface area contributed by atoms with Crippen molar-refractivity contribution in [2.75, 3.05) is 6.61 Å². The number of esters is 1. The van der Waals surface area contributed by atoms with E-state index in [4.69, 9.17) is 14.2 Å². The molecule has 0 spiro atoms. The molecule has 1 aliphatic carbocycles. The summed E-state index contributed by atoms with van der Waals surface area (Å²) >= 11 is 0. The fraction of sp³-hybridized carbons (Fsp3) is 0.348. The summed E-state index contributed by atoms with van der Waals surface area (Å²) in [6, 6.07) is 10.2. The molecule has 4 rings (SSSR count). The maximum absolute atomic E-state index is 11.5. The molecule has 1 saturated heterocycles. The minimum atomic E-state index is -0.453. The number of hydrogen-bond donors (Lipinski definition) is 0. The van der Waals surface area contributed by atoms with Gasteiger partial charge in [-0.15, -0.1) is 0 Å². The van der Waals surface area contributed by atoms with E-state index >= 15 is 0 Å². The number of allylic oxidation sites excluding steroid dienone is 1. The van der Waals surface area contributed by atoms with Crippen LogP contribution in [0.1, 0.15) is 25.8 Å². The fourth-order valence-electron chi connectivity index (χ4n) is 3.66. The van der Waals surface area contributed by atoms with E-state index in [1.54, 1.807) is 0 Å². The van der Waals surface area contributed by atoms with E-state index in [1.807, 2.05) is 50.3 Å². The molecule has 1 aromatic carbocycles. The molecule has 0 N–H and O–H groups in total. The van der Waals surface area contributed by atoms with Crippen molar-refractivity contribution < 1.29 is 19.0 Å². The van der Waals surface area contributed by atoms with Crippen LogP contribution in [0, 0.1) is 5.92 Å². The van der Waals surface area contributed by atoms with E-state index in [1.165, 1.54) is 6.08 Å². The van der Waals surface area contributed by atoms with Gasteiger partial charge in [0, 0.05) is 18.4 Å². The Kier molecular flexibility index (Phi) is 4.75. The van der Waals surface area contributed by atoms with Crippen LogP contribution in [-0.2, 0) is 19.0 Å². The predicted molar refractivity (Wildman–Crippen MR) is 104 cm³/mol. The normalized spacial score (nSPS) is 28.5. The lowest BCUT2D eigenvalue weighted by atomic mass is 9.83. The Bertz CT molecular complexity index is 829. The van der Waals surface area contributed by atoms with Crippen LogP contribution in [0.2, 0.25) is 0 Å². The van der Waals surface area contributed by atoms with E-state index in [0.29, 0.717) is 6.61 Å². The highest BCUT2D eigenvalue weighted by Crippen LogP contribution is 2.41. The molecule has 3 atom stereocenters. The van der Waals surface area contributed by atoms with Gasteiger partial charge in [0.25, 0.3) is 0 Å². The minimum absolute atomic E-state index is 0.0482. The van der Waals surface area contributed by atoms with Gasteiger partial charge in [-0.25, -0.2) is 4.79 Å². The lowest BCUT2D eigenvalue weighted by Gasteiger charge is -2.43. The molecule has 2 unspecified atom stereocenters. The van der Waals surface area contributed by atoms with E-state index in [2.05, 4.69) is 24.3 Å². The molecule has 2 aliphatic heterocycles. The first-order valence-corrected chi connectivity index (χ1v) is 9.35. The van der Waals surface area contributed by atoms with Gasteiger partial charge in [0.1, 0.15) is 23.6 Å². The third-order valence-electron chi connectivity index (χ3n) is 5.17. The molecule has 0 amide bonds. The molecule has 0 radical (unpaired) electrons. The highest BCUT2D eigenvalue weighted by atomic mass is 16.6. The van der Waals surface area contributed by atoms with Crippen molar-refractivity contribution in [1.29, 1.82) is 0 Å². The number of rotatable bonds is 4. The lowest BCUT2D eigenvalue weighted by Crippen LogP contribution is -2.46. The number of ether oxygens (including phenoxy) is 3. The van der Waals surface area contributed by atoms with Gasteiger partial charge >= 0.3 is 5.97 Å². The molecule has 140 valence electrons. The molecular formula is C23H24O4. The Morgan fingerprint density at radius 3 is 2.85 bits per heavy atom. The largest absolute Gasteiger partial charge is 0.485 e. The molecule has 4 heteroatoms. The average molecular weight is 364 g/mol. The molecule has 4 nitrogen and oxygen atoms in total. The summed E-state index contributed by atoms with van der Waals surface area (Å²) in [5, 5.41) is 0. The molecule has 27 heavy (non-hydrogen) atoms. The zero-order valence-corrected chi connectivity index (χ0v) is 15.6. The molecule has 0 saturated carbocycles. The Hall–Kier alpha value is -2.59. The quantitative estimate of drug-likeness (QED) is 0.751. The van der Waals surface area contributed by atoms with Crippen LogP contribution >= 0.6 is 0 Å². The molecule has 0 aromatic heterocycles. The fourth-order valence-corrected chi connectivity index (χ4v) is 3.66. The van der Waals surface area contributed by atoms with Gasteiger partial charge in [-0.1, -0.05) is 54.6 Å². The van der Waals surface area contributed by atoms with Crippen molar-refractivity contribution in [2.45, 2.75) is 38.1 Å². The van der Waals surface area contributed by atoms with Gasteiger partial charge in [0.2, 0.25) is 0 Å². The summed E-state index contributed by atoms with van der Waals surface area (Å²) in [5.41, 5.74) is 1.82. The Morgan fingerprint density at radius 1 is 1.22 bits per heavy atom. The molecular weight excluding hydrogens is 340 g/mol. The summed E-state index contributed by atoms with van der Waals surface area (Å²) in [6.07, 6.45) is 12.0. The van der Waals surface area contributed by atoms with Crippen molar-refractivity contribution in [3.05, 3.63) is 77.6 Å². The third kappa shape index (κ3) is 3.91. The predicted octanol–water partition coefficient (Wildman–Crippen LogP) is 4.21. The molecule has 2 heterocycles. The molecule has 1 aromatic rings. The van der Waals surface area contributed by atoms with Crippen LogP contribution in [0.15, 0.2) is 72.0 Å². The first-order chi connectivity index (χ1) is 13.0. The summed E-state index contributed by atoms with van der Waals surface area (Å²) < 4.78 is 17.7. The van der Waals surface area contributed by atoms with Crippen molar-refractivity contribution in [3.8, 4) is 0 Å². The third-order valence-corrected chi connectivity index (χ3v) is 5.17. The van der Waals surface area contributed by atoms with Crippen LogP contribution in [0.25, 0.3) is 6.08 Å². The number of carbonyl (C=O) groups is 1. The number of benzene rings is 1. The van der Waals surface area contributed by atoms with Crippen LogP contribution < -0.4 is 0 Å². The van der Waals surface area contributed by atoms with Crippen LogP contribution in [-0.4, -0.2) is 30.4 Å². The first kappa shape index (κ1) is 17.8. The second kappa shape index (κ2) is 7.20. The Morgan fingerprint density at radius 2 is 2.04 bits per heavy atom. The Balaban J connectivity index is 1.43. The van der Waals surface area contributed by atoms with Crippen molar-refractivity contribution in [1.82, 2.24) is 0 Å². The van der Waals surface area contributed by atoms with Crippen LogP contribution in [0.4, 0.5) is 0 Å². The van der Waals surface area contributed by atoms with Crippen LogP contribution in [0.3, 0.4) is 0 Å². The lowest BCUT2D eigenvalue weighted by molar-refractivity contribution is -0.143.